The van der Waals surface area contributed by atoms with Crippen LogP contribution in [-0.2, 0) is 6.54 Å². The summed E-state index contributed by atoms with van der Waals surface area (Å²) in [5.74, 6) is 1.53. The first kappa shape index (κ1) is 23.3. The number of nitrogens with zero attached hydrogens (tertiary/aromatic N) is 4. The lowest BCUT2D eigenvalue weighted by molar-refractivity contribution is 0.143. The molecule has 1 N–H and O–H groups in total. The van der Waals surface area contributed by atoms with E-state index in [-0.39, 0.29) is 11.8 Å². The number of aromatic amines is 1. The number of rotatable bonds is 2. The number of carbonyl (C=O) groups is 1. The Labute approximate surface area is 215 Å². The number of amides is 2. The molecular weight excluding hydrogens is 469 g/mol. The van der Waals surface area contributed by atoms with Gasteiger partial charge in [-0.05, 0) is 79.1 Å². The third-order valence-corrected chi connectivity index (χ3v) is 7.27. The first-order valence-electron chi connectivity index (χ1n) is 12.7. The lowest BCUT2D eigenvalue weighted by Crippen LogP contribution is -2.53. The number of aryl methyl sites for hydroxylation is 2. The Bertz CT molecular complexity index is 1460. The zero-order valence-electron chi connectivity index (χ0n) is 21.1. The number of imidazole rings is 1. The fourth-order valence-electron chi connectivity index (χ4n) is 5.37. The van der Waals surface area contributed by atoms with Crippen molar-refractivity contribution < 1.29 is 13.9 Å². The summed E-state index contributed by atoms with van der Waals surface area (Å²) in [6.45, 7) is 8.23. The molecule has 8 heteroatoms. The number of urea groups is 1. The lowest BCUT2D eigenvalue weighted by atomic mass is 9.98. The number of H-pyrrole nitrogens is 1. The van der Waals surface area contributed by atoms with Crippen molar-refractivity contribution in [3.63, 3.8) is 0 Å². The van der Waals surface area contributed by atoms with E-state index in [2.05, 4.69) is 46.1 Å². The molecule has 2 aliphatic heterocycles. The number of halogens is 1. The zero-order valence-corrected chi connectivity index (χ0v) is 21.1. The Hall–Kier alpha value is -4.07. The first-order chi connectivity index (χ1) is 17.9. The Morgan fingerprint density at radius 1 is 0.919 bits per heavy atom. The topological polar surface area (TPSA) is 64.7 Å². The number of benzene rings is 3. The van der Waals surface area contributed by atoms with E-state index in [1.807, 2.05) is 22.8 Å². The number of piperazine rings is 1. The van der Waals surface area contributed by atoms with Crippen LogP contribution in [0, 0.1) is 19.7 Å². The van der Waals surface area contributed by atoms with Crippen molar-refractivity contribution in [3.8, 4) is 16.9 Å². The molecule has 1 saturated heterocycles. The van der Waals surface area contributed by atoms with E-state index < -0.39 is 0 Å². The van der Waals surface area contributed by atoms with Crippen LogP contribution < -0.4 is 9.64 Å². The predicted molar refractivity (Wildman–Crippen MR) is 142 cm³/mol. The van der Waals surface area contributed by atoms with Crippen molar-refractivity contribution in [3.05, 3.63) is 77.4 Å². The molecule has 4 aromatic rings. The minimum atomic E-state index is -0.239. The molecule has 2 aliphatic rings. The summed E-state index contributed by atoms with van der Waals surface area (Å²) < 4.78 is 19.4. The minimum absolute atomic E-state index is 0.0348. The van der Waals surface area contributed by atoms with Crippen LogP contribution in [0.2, 0.25) is 0 Å². The monoisotopic (exact) mass is 499 g/mol. The van der Waals surface area contributed by atoms with Gasteiger partial charge in [0, 0.05) is 37.4 Å². The summed E-state index contributed by atoms with van der Waals surface area (Å²) >= 11 is 0. The second-order valence-corrected chi connectivity index (χ2v) is 9.84. The van der Waals surface area contributed by atoms with Crippen LogP contribution in [0.1, 0.15) is 17.0 Å². The van der Waals surface area contributed by atoms with E-state index in [1.54, 1.807) is 12.1 Å². The zero-order chi connectivity index (χ0) is 25.5. The van der Waals surface area contributed by atoms with Crippen molar-refractivity contribution in [2.45, 2.75) is 20.4 Å². The van der Waals surface area contributed by atoms with Gasteiger partial charge in [-0.25, -0.2) is 14.2 Å². The highest BCUT2D eigenvalue weighted by atomic mass is 19.1. The number of anilines is 1. The molecule has 190 valence electrons. The maximum atomic E-state index is 13.5. The van der Waals surface area contributed by atoms with Crippen LogP contribution in [0.5, 0.6) is 5.75 Å². The average molecular weight is 500 g/mol. The van der Waals surface area contributed by atoms with E-state index in [0.29, 0.717) is 32.8 Å². The van der Waals surface area contributed by atoms with Crippen molar-refractivity contribution in [2.75, 3.05) is 44.2 Å². The average Bonchev–Trinajstić information content (AvgIpc) is 3.14. The summed E-state index contributed by atoms with van der Waals surface area (Å²) in [5, 5.41) is 0. The standard InChI is InChI=1S/C29H30FN5O2/c1-19-15-22(21-3-8-26-27(17-21)32-20(2)31-26)16-23-18-35(13-14-37-28(19)23)29(36)34-11-9-33(10-12-34)25-6-4-24(30)5-7-25/h3-8,15-17H,9-14,18H2,1-2H3,(H,31,32). The third-order valence-electron chi connectivity index (χ3n) is 7.27. The van der Waals surface area contributed by atoms with Crippen LogP contribution in [0.15, 0.2) is 54.6 Å². The van der Waals surface area contributed by atoms with Crippen molar-refractivity contribution in [1.29, 1.82) is 0 Å². The molecule has 1 fully saturated rings. The quantitative estimate of drug-likeness (QED) is 0.416. The molecule has 6 rings (SSSR count). The first-order valence-corrected chi connectivity index (χ1v) is 12.7. The largest absolute Gasteiger partial charge is 0.491 e. The minimum Gasteiger partial charge on any atom is -0.491 e. The van der Waals surface area contributed by atoms with Gasteiger partial charge in [-0.3, -0.25) is 0 Å². The van der Waals surface area contributed by atoms with Gasteiger partial charge in [0.15, 0.2) is 0 Å². The highest BCUT2D eigenvalue weighted by Crippen LogP contribution is 2.34. The number of aromatic nitrogens is 2. The number of hydrogen-bond acceptors (Lipinski definition) is 4. The molecule has 0 saturated carbocycles. The molecule has 0 spiro atoms. The maximum absolute atomic E-state index is 13.5. The Kier molecular flexibility index (Phi) is 5.94. The summed E-state index contributed by atoms with van der Waals surface area (Å²) in [6, 6.07) is 17.1. The smallest absolute Gasteiger partial charge is 0.320 e. The number of carbonyl (C=O) groups excluding carboxylic acids is 1. The summed E-state index contributed by atoms with van der Waals surface area (Å²) in [4.78, 5) is 27.3. The van der Waals surface area contributed by atoms with Crippen LogP contribution in [0.4, 0.5) is 14.9 Å². The molecule has 7 nitrogen and oxygen atoms in total. The highest BCUT2D eigenvalue weighted by Gasteiger charge is 2.28. The fourth-order valence-corrected chi connectivity index (χ4v) is 5.37. The van der Waals surface area contributed by atoms with Gasteiger partial charge >= 0.3 is 6.03 Å². The molecule has 3 aromatic carbocycles. The molecule has 37 heavy (non-hydrogen) atoms. The second kappa shape index (κ2) is 9.42. The SMILES string of the molecule is Cc1nc2ccc(-c3cc(C)c4c(c3)CN(C(=O)N3CCN(c5ccc(F)cc5)CC3)CCO4)cc2[nH]1. The van der Waals surface area contributed by atoms with E-state index in [4.69, 9.17) is 4.74 Å². The lowest BCUT2D eigenvalue weighted by Gasteiger charge is -2.38. The van der Waals surface area contributed by atoms with Crippen molar-refractivity contribution in [1.82, 2.24) is 19.8 Å². The molecule has 0 radical (unpaired) electrons. The summed E-state index contributed by atoms with van der Waals surface area (Å²) in [5.41, 5.74) is 7.22. The van der Waals surface area contributed by atoms with Gasteiger partial charge in [-0.2, -0.15) is 0 Å². The molecule has 3 heterocycles. The molecule has 0 unspecified atom stereocenters. The van der Waals surface area contributed by atoms with Gasteiger partial charge in [0.05, 0.1) is 24.1 Å². The highest BCUT2D eigenvalue weighted by molar-refractivity contribution is 5.82. The van der Waals surface area contributed by atoms with Crippen LogP contribution in [0.25, 0.3) is 22.2 Å². The van der Waals surface area contributed by atoms with Crippen LogP contribution in [0.3, 0.4) is 0 Å². The van der Waals surface area contributed by atoms with Gasteiger partial charge in [-0.1, -0.05) is 6.07 Å². The van der Waals surface area contributed by atoms with Crippen molar-refractivity contribution in [2.24, 2.45) is 0 Å². The normalized spacial score (nSPS) is 15.9. The summed E-state index contributed by atoms with van der Waals surface area (Å²) in [7, 11) is 0. The molecule has 2 amide bonds. The van der Waals surface area contributed by atoms with E-state index in [9.17, 15) is 9.18 Å². The number of nitrogens with one attached hydrogen (secondary N) is 1. The van der Waals surface area contributed by atoms with Gasteiger partial charge in [0.1, 0.15) is 24.0 Å². The molecular formula is C29H30FN5O2. The van der Waals surface area contributed by atoms with Gasteiger partial charge in [0.25, 0.3) is 0 Å². The third kappa shape index (κ3) is 4.59. The maximum Gasteiger partial charge on any atom is 0.320 e. The Morgan fingerprint density at radius 2 is 1.70 bits per heavy atom. The Morgan fingerprint density at radius 3 is 2.49 bits per heavy atom. The molecule has 0 atom stereocenters. The van der Waals surface area contributed by atoms with E-state index in [1.165, 1.54) is 12.1 Å². The second-order valence-electron chi connectivity index (χ2n) is 9.84. The van der Waals surface area contributed by atoms with Gasteiger partial charge in [0.2, 0.25) is 0 Å². The van der Waals surface area contributed by atoms with Crippen LogP contribution in [-0.4, -0.2) is 65.1 Å². The van der Waals surface area contributed by atoms with E-state index >= 15 is 0 Å². The Balaban J connectivity index is 1.19. The fraction of sp³-hybridized carbons (Fsp3) is 0.310. The van der Waals surface area contributed by atoms with Gasteiger partial charge < -0.3 is 24.4 Å². The van der Waals surface area contributed by atoms with Crippen LogP contribution >= 0.6 is 0 Å². The number of ether oxygens (including phenoxy) is 1. The molecule has 0 bridgehead atoms. The van der Waals surface area contributed by atoms with E-state index in [0.717, 1.165) is 63.6 Å². The molecule has 1 aromatic heterocycles. The predicted octanol–water partition coefficient (Wildman–Crippen LogP) is 5.12. The summed E-state index contributed by atoms with van der Waals surface area (Å²) in [6.07, 6.45) is 0. The number of hydrogen-bond donors (Lipinski definition) is 1. The molecule has 0 aliphatic carbocycles. The number of fused-ring (bicyclic) bond motifs is 2. The van der Waals surface area contributed by atoms with Gasteiger partial charge in [-0.15, -0.1) is 0 Å². The van der Waals surface area contributed by atoms with Crippen molar-refractivity contribution >= 4 is 22.8 Å².